The average Bonchev–Trinajstić information content (AvgIpc) is 2.36. The van der Waals surface area contributed by atoms with Crippen molar-refractivity contribution >= 4 is 0 Å². The molecule has 20 heavy (non-hydrogen) atoms. The van der Waals surface area contributed by atoms with E-state index in [9.17, 15) is 0 Å². The molecule has 6 heteroatoms. The summed E-state index contributed by atoms with van der Waals surface area (Å²) >= 11 is 0. The van der Waals surface area contributed by atoms with E-state index < -0.39 is 0 Å². The van der Waals surface area contributed by atoms with Crippen LogP contribution in [0, 0.1) is 10.8 Å². The summed E-state index contributed by atoms with van der Waals surface area (Å²) in [5.41, 5.74) is 8.42. The topological polar surface area (TPSA) is 73.3 Å². The first-order valence-corrected chi connectivity index (χ1v) is 7.36. The molecule has 6 nitrogen and oxygen atoms in total. The Labute approximate surface area is 122 Å². The second-order valence-electron chi connectivity index (χ2n) is 7.24. The van der Waals surface area contributed by atoms with Gasteiger partial charge >= 0.3 is 0 Å². The Morgan fingerprint density at radius 3 is 2.35 bits per heavy atom. The van der Waals surface area contributed by atoms with Gasteiger partial charge in [0, 0.05) is 49.6 Å². The highest BCUT2D eigenvalue weighted by Crippen LogP contribution is 2.21. The molecule has 1 aliphatic heterocycles. The van der Waals surface area contributed by atoms with Gasteiger partial charge in [-0.15, -0.1) is 0 Å². The van der Waals surface area contributed by atoms with Crippen LogP contribution in [0.2, 0.25) is 0 Å². The Morgan fingerprint density at radius 1 is 1.15 bits per heavy atom. The van der Waals surface area contributed by atoms with Gasteiger partial charge in [-0.3, -0.25) is 0 Å². The molecule has 1 heterocycles. The smallest absolute Gasteiger partial charge is 0.0529 e. The Hall–Kier alpha value is -0.810. The zero-order chi connectivity index (χ0) is 15.1. The lowest BCUT2D eigenvalue weighted by Gasteiger charge is -2.35. The van der Waals surface area contributed by atoms with Gasteiger partial charge in [0.15, 0.2) is 0 Å². The summed E-state index contributed by atoms with van der Waals surface area (Å²) in [6, 6.07) is 0. The molecule has 0 saturated carbocycles. The van der Waals surface area contributed by atoms with Crippen molar-refractivity contribution in [3.8, 4) is 0 Å². The molecule has 0 aromatic carbocycles. The van der Waals surface area contributed by atoms with Crippen molar-refractivity contribution in [1.29, 1.82) is 0 Å². The van der Waals surface area contributed by atoms with Crippen LogP contribution >= 0.6 is 0 Å². The Bertz CT molecular complexity index is 330. The molecule has 1 aliphatic rings. The molecule has 1 saturated heterocycles. The predicted octanol–water partition coefficient (Wildman–Crippen LogP) is 2.27. The molecular weight excluding hydrogens is 254 g/mol. The maximum absolute atomic E-state index is 8.37. The van der Waals surface area contributed by atoms with Gasteiger partial charge in [-0.25, -0.2) is 0 Å². The summed E-state index contributed by atoms with van der Waals surface area (Å²) in [5, 5.41) is 7.01. The van der Waals surface area contributed by atoms with E-state index in [1.54, 1.807) is 0 Å². The number of azide groups is 1. The van der Waals surface area contributed by atoms with Gasteiger partial charge in [0.25, 0.3) is 0 Å². The third-order valence-corrected chi connectivity index (χ3v) is 3.41. The van der Waals surface area contributed by atoms with Crippen LogP contribution < -0.4 is 5.32 Å². The summed E-state index contributed by atoms with van der Waals surface area (Å²) in [4.78, 5) is 5.30. The summed E-state index contributed by atoms with van der Waals surface area (Å²) in [6.07, 6.45) is 0. The van der Waals surface area contributed by atoms with Gasteiger partial charge in [0.1, 0.15) is 0 Å². The Balaban J connectivity index is 2.29. The molecule has 0 aromatic rings. The van der Waals surface area contributed by atoms with E-state index >= 15 is 0 Å². The van der Waals surface area contributed by atoms with Crippen molar-refractivity contribution in [3.05, 3.63) is 10.4 Å². The molecule has 1 N–H and O–H groups in total. The van der Waals surface area contributed by atoms with Gasteiger partial charge in [0.05, 0.1) is 13.2 Å². The van der Waals surface area contributed by atoms with Gasteiger partial charge in [-0.05, 0) is 10.9 Å². The van der Waals surface area contributed by atoms with Gasteiger partial charge in [0.2, 0.25) is 0 Å². The number of ether oxygens (including phenoxy) is 1. The van der Waals surface area contributed by atoms with Gasteiger partial charge < -0.3 is 15.0 Å². The molecule has 0 bridgehead atoms. The quantitative estimate of drug-likeness (QED) is 0.422. The van der Waals surface area contributed by atoms with Crippen LogP contribution in [0.3, 0.4) is 0 Å². The van der Waals surface area contributed by atoms with Crippen LogP contribution in [-0.2, 0) is 4.74 Å². The van der Waals surface area contributed by atoms with Gasteiger partial charge in [-0.1, -0.05) is 32.8 Å². The van der Waals surface area contributed by atoms with Crippen LogP contribution in [0.15, 0.2) is 5.11 Å². The molecular formula is C14H29N5O. The van der Waals surface area contributed by atoms with E-state index in [1.807, 2.05) is 0 Å². The van der Waals surface area contributed by atoms with Crippen LogP contribution in [0.1, 0.15) is 27.7 Å². The lowest BCUT2D eigenvalue weighted by molar-refractivity contribution is 0.00331. The second-order valence-corrected chi connectivity index (χ2v) is 7.24. The molecule has 0 unspecified atom stereocenters. The van der Waals surface area contributed by atoms with E-state index in [0.29, 0.717) is 13.2 Å². The average molecular weight is 283 g/mol. The second kappa shape index (κ2) is 7.84. The van der Waals surface area contributed by atoms with E-state index in [0.717, 1.165) is 39.3 Å². The Kier molecular flexibility index (Phi) is 6.76. The third-order valence-electron chi connectivity index (χ3n) is 3.41. The van der Waals surface area contributed by atoms with Crippen molar-refractivity contribution in [3.63, 3.8) is 0 Å². The fourth-order valence-corrected chi connectivity index (χ4v) is 2.39. The lowest BCUT2D eigenvalue weighted by Crippen LogP contribution is -2.47. The van der Waals surface area contributed by atoms with Crippen LogP contribution in [0.25, 0.3) is 10.4 Å². The monoisotopic (exact) mass is 283 g/mol. The highest BCUT2D eigenvalue weighted by atomic mass is 16.5. The van der Waals surface area contributed by atoms with Crippen molar-refractivity contribution in [2.75, 3.05) is 52.5 Å². The molecule has 116 valence electrons. The number of nitrogens with zero attached hydrogens (tertiary/aromatic N) is 4. The summed E-state index contributed by atoms with van der Waals surface area (Å²) < 4.78 is 5.88. The summed E-state index contributed by atoms with van der Waals surface area (Å²) in [5.74, 6) is 0. The first kappa shape index (κ1) is 17.2. The van der Waals surface area contributed by atoms with Gasteiger partial charge in [-0.2, -0.15) is 0 Å². The van der Waals surface area contributed by atoms with Crippen LogP contribution in [0.4, 0.5) is 0 Å². The number of hydrogen-bond donors (Lipinski definition) is 1. The maximum atomic E-state index is 8.37. The highest BCUT2D eigenvalue weighted by Gasteiger charge is 2.25. The summed E-state index contributed by atoms with van der Waals surface area (Å²) in [7, 11) is 0. The third kappa shape index (κ3) is 7.10. The molecule has 0 aromatic heterocycles. The lowest BCUT2D eigenvalue weighted by atomic mass is 9.92. The molecule has 0 atom stereocenters. The number of rotatable bonds is 8. The van der Waals surface area contributed by atoms with Crippen molar-refractivity contribution in [2.24, 2.45) is 15.9 Å². The zero-order valence-electron chi connectivity index (χ0n) is 13.4. The summed E-state index contributed by atoms with van der Waals surface area (Å²) in [6.45, 7) is 15.9. The fourth-order valence-electron chi connectivity index (χ4n) is 2.39. The molecule has 0 amide bonds. The molecule has 0 spiro atoms. The van der Waals surface area contributed by atoms with E-state index in [2.05, 4.69) is 47.9 Å². The minimum absolute atomic E-state index is 0.0998. The Morgan fingerprint density at radius 2 is 1.75 bits per heavy atom. The van der Waals surface area contributed by atoms with E-state index in [-0.39, 0.29) is 10.8 Å². The molecule has 0 radical (unpaired) electrons. The van der Waals surface area contributed by atoms with Crippen molar-refractivity contribution in [1.82, 2.24) is 10.2 Å². The molecule has 1 rings (SSSR count). The predicted molar refractivity (Wildman–Crippen MR) is 81.7 cm³/mol. The zero-order valence-corrected chi connectivity index (χ0v) is 13.4. The maximum Gasteiger partial charge on any atom is 0.0529 e. The largest absolute Gasteiger partial charge is 0.380 e. The van der Waals surface area contributed by atoms with Crippen molar-refractivity contribution in [2.45, 2.75) is 27.7 Å². The number of hydrogen-bond acceptors (Lipinski definition) is 4. The number of nitrogens with one attached hydrogen (secondary N) is 1. The molecule has 0 aliphatic carbocycles. The minimum atomic E-state index is -0.0998. The number of piperazine rings is 1. The normalized spacial score (nSPS) is 17.8. The minimum Gasteiger partial charge on any atom is -0.380 e. The van der Waals surface area contributed by atoms with E-state index in [4.69, 9.17) is 10.3 Å². The van der Waals surface area contributed by atoms with Crippen LogP contribution in [-0.4, -0.2) is 57.4 Å². The van der Waals surface area contributed by atoms with E-state index in [1.165, 1.54) is 0 Å². The highest BCUT2D eigenvalue weighted by molar-refractivity contribution is 4.78. The first-order valence-electron chi connectivity index (χ1n) is 7.36. The van der Waals surface area contributed by atoms with Crippen molar-refractivity contribution < 1.29 is 4.74 Å². The molecule has 1 fully saturated rings. The SMILES string of the molecule is CC(C)(CN=[N+]=[N-])COCC(C)(C)CN1CCNCC1. The fraction of sp³-hybridized carbons (Fsp3) is 1.00. The van der Waals surface area contributed by atoms with Crippen LogP contribution in [0.5, 0.6) is 0 Å². The standard InChI is InChI=1S/C14H29N5O/c1-13(2,9-17-18-15)11-20-12-14(3,4)10-19-7-5-16-6-8-19/h16H,5-12H2,1-4H3. The first-order chi connectivity index (χ1) is 9.35.